The Labute approximate surface area is 152 Å². The lowest BCUT2D eigenvalue weighted by Gasteiger charge is -2.39. The highest BCUT2D eigenvalue weighted by atomic mass is 35.5. The van der Waals surface area contributed by atoms with Crippen molar-refractivity contribution in [3.8, 4) is 0 Å². The fourth-order valence-electron chi connectivity index (χ4n) is 3.82. The lowest BCUT2D eigenvalue weighted by atomic mass is 9.94. The van der Waals surface area contributed by atoms with E-state index in [1.165, 1.54) is 0 Å². The minimum Gasteiger partial charge on any atom is -0.341 e. The molecule has 0 aliphatic carbocycles. The second kappa shape index (κ2) is 10.2. The topological polar surface area (TPSA) is 52.7 Å². The number of amides is 2. The number of likely N-dealkylation sites (tertiary alicyclic amines) is 2. The maximum Gasteiger partial charge on any atom is 0.245 e. The van der Waals surface area contributed by atoms with Crippen molar-refractivity contribution < 1.29 is 9.59 Å². The largest absolute Gasteiger partial charge is 0.341 e. The minimum absolute atomic E-state index is 0. The van der Waals surface area contributed by atoms with Gasteiger partial charge in [0.25, 0.3) is 0 Å². The Hall–Kier alpha value is -0.810. The van der Waals surface area contributed by atoms with Gasteiger partial charge in [0.15, 0.2) is 0 Å². The molecule has 2 amide bonds. The Morgan fingerprint density at radius 3 is 2.42 bits per heavy atom. The normalized spacial score (nSPS) is 20.9. The summed E-state index contributed by atoms with van der Waals surface area (Å²) in [6.07, 6.45) is 5.50. The van der Waals surface area contributed by atoms with Crippen LogP contribution in [0.3, 0.4) is 0 Å². The molecule has 0 aromatic rings. The maximum absolute atomic E-state index is 13.1. The fraction of sp³-hybridized carbons (Fsp3) is 0.889. The molecule has 6 heteroatoms. The summed E-state index contributed by atoms with van der Waals surface area (Å²) in [6.45, 7) is 7.71. The summed E-state index contributed by atoms with van der Waals surface area (Å²) in [7, 11) is 1.98. The number of carbonyl (C=O) groups excluding carboxylic acids is 2. The van der Waals surface area contributed by atoms with Crippen molar-refractivity contribution in [2.45, 2.75) is 58.4 Å². The van der Waals surface area contributed by atoms with Gasteiger partial charge in [-0.15, -0.1) is 12.4 Å². The van der Waals surface area contributed by atoms with E-state index in [1.54, 1.807) is 0 Å². The van der Waals surface area contributed by atoms with E-state index in [1.807, 2.05) is 16.8 Å². The van der Waals surface area contributed by atoms with Gasteiger partial charge >= 0.3 is 0 Å². The van der Waals surface area contributed by atoms with E-state index in [0.717, 1.165) is 58.3 Å². The molecule has 2 rings (SSSR count). The van der Waals surface area contributed by atoms with Gasteiger partial charge in [0.05, 0.1) is 0 Å². The molecule has 24 heavy (non-hydrogen) atoms. The van der Waals surface area contributed by atoms with Crippen LogP contribution in [0, 0.1) is 11.8 Å². The van der Waals surface area contributed by atoms with Crippen LogP contribution in [0.5, 0.6) is 0 Å². The number of carbonyl (C=O) groups is 2. The Bertz CT molecular complexity index is 409. The predicted molar refractivity (Wildman–Crippen MR) is 99.3 cm³/mol. The molecule has 0 aromatic heterocycles. The number of halogens is 1. The first-order valence-corrected chi connectivity index (χ1v) is 9.25. The number of hydrogen-bond acceptors (Lipinski definition) is 3. The van der Waals surface area contributed by atoms with Crippen LogP contribution in [-0.2, 0) is 9.59 Å². The summed E-state index contributed by atoms with van der Waals surface area (Å²) in [5.74, 6) is 1.43. The standard InChI is InChI=1S/C18H33N3O2.ClH/c1-14(2)12-16(21-9-5-4-6-17(21)22)18(23)20-10-7-15(8-11-20)13-19-3;/h14-16,19H,4-13H2,1-3H3;1H. The highest BCUT2D eigenvalue weighted by molar-refractivity contribution is 5.88. The Morgan fingerprint density at radius 2 is 1.88 bits per heavy atom. The lowest BCUT2D eigenvalue weighted by molar-refractivity contribution is -0.149. The van der Waals surface area contributed by atoms with Gasteiger partial charge in [-0.05, 0) is 57.5 Å². The van der Waals surface area contributed by atoms with Gasteiger partial charge in [0.1, 0.15) is 6.04 Å². The molecule has 2 aliphatic heterocycles. The van der Waals surface area contributed by atoms with Crippen LogP contribution in [0.15, 0.2) is 0 Å². The number of rotatable bonds is 6. The molecule has 2 fully saturated rings. The van der Waals surface area contributed by atoms with Gasteiger partial charge in [-0.25, -0.2) is 0 Å². The zero-order chi connectivity index (χ0) is 16.8. The third-order valence-electron chi connectivity index (χ3n) is 5.13. The van der Waals surface area contributed by atoms with E-state index in [2.05, 4.69) is 19.2 Å². The number of nitrogens with zero attached hydrogens (tertiary/aromatic N) is 2. The molecule has 0 aromatic carbocycles. The van der Waals surface area contributed by atoms with Gasteiger partial charge in [-0.3, -0.25) is 9.59 Å². The molecule has 2 heterocycles. The average Bonchev–Trinajstić information content (AvgIpc) is 2.54. The van der Waals surface area contributed by atoms with E-state index < -0.39 is 0 Å². The Morgan fingerprint density at radius 1 is 1.21 bits per heavy atom. The van der Waals surface area contributed by atoms with Crippen LogP contribution >= 0.6 is 12.4 Å². The quantitative estimate of drug-likeness (QED) is 0.791. The van der Waals surface area contributed by atoms with Crippen LogP contribution in [0.1, 0.15) is 52.4 Å². The van der Waals surface area contributed by atoms with E-state index in [4.69, 9.17) is 0 Å². The highest BCUT2D eigenvalue weighted by Gasteiger charge is 2.35. The van der Waals surface area contributed by atoms with Gasteiger partial charge in [0, 0.05) is 26.1 Å². The molecule has 2 saturated heterocycles. The highest BCUT2D eigenvalue weighted by Crippen LogP contribution is 2.23. The summed E-state index contributed by atoms with van der Waals surface area (Å²) in [5.41, 5.74) is 0. The predicted octanol–water partition coefficient (Wildman–Crippen LogP) is 2.29. The van der Waals surface area contributed by atoms with Crippen molar-refractivity contribution in [3.05, 3.63) is 0 Å². The van der Waals surface area contributed by atoms with Gasteiger partial charge in [0.2, 0.25) is 11.8 Å². The molecule has 0 radical (unpaired) electrons. The van der Waals surface area contributed by atoms with E-state index in [-0.39, 0.29) is 30.3 Å². The third-order valence-corrected chi connectivity index (χ3v) is 5.13. The molecule has 1 atom stereocenters. The summed E-state index contributed by atoms with van der Waals surface area (Å²) < 4.78 is 0. The van der Waals surface area contributed by atoms with E-state index in [9.17, 15) is 9.59 Å². The second-order valence-corrected chi connectivity index (χ2v) is 7.52. The number of nitrogens with one attached hydrogen (secondary N) is 1. The molecule has 5 nitrogen and oxygen atoms in total. The molecular formula is C18H34ClN3O2. The van der Waals surface area contributed by atoms with E-state index in [0.29, 0.717) is 18.3 Å². The smallest absolute Gasteiger partial charge is 0.245 e. The minimum atomic E-state index is -0.247. The van der Waals surface area contributed by atoms with Crippen LogP contribution in [0.4, 0.5) is 0 Å². The van der Waals surface area contributed by atoms with Crippen molar-refractivity contribution in [2.24, 2.45) is 11.8 Å². The summed E-state index contributed by atoms with van der Waals surface area (Å²) in [5, 5.41) is 3.23. The average molecular weight is 360 g/mol. The maximum atomic E-state index is 13.1. The molecular weight excluding hydrogens is 326 g/mol. The first-order valence-electron chi connectivity index (χ1n) is 9.25. The fourth-order valence-corrected chi connectivity index (χ4v) is 3.82. The molecule has 1 unspecified atom stereocenters. The van der Waals surface area contributed by atoms with Crippen LogP contribution in [0.25, 0.3) is 0 Å². The molecule has 1 N–H and O–H groups in total. The van der Waals surface area contributed by atoms with Crippen LogP contribution in [0.2, 0.25) is 0 Å². The van der Waals surface area contributed by atoms with Gasteiger partial charge in [-0.2, -0.15) is 0 Å². The Kier molecular flexibility index (Phi) is 9.06. The molecule has 2 aliphatic rings. The summed E-state index contributed by atoms with van der Waals surface area (Å²) in [4.78, 5) is 29.2. The van der Waals surface area contributed by atoms with Crippen molar-refractivity contribution in [2.75, 3.05) is 33.2 Å². The third kappa shape index (κ3) is 5.62. The monoisotopic (exact) mass is 359 g/mol. The zero-order valence-corrected chi connectivity index (χ0v) is 16.2. The Balaban J connectivity index is 0.00000288. The number of hydrogen-bond donors (Lipinski definition) is 1. The molecule has 140 valence electrons. The summed E-state index contributed by atoms with van der Waals surface area (Å²) >= 11 is 0. The molecule has 0 saturated carbocycles. The van der Waals surface area contributed by atoms with E-state index >= 15 is 0 Å². The molecule has 0 bridgehead atoms. The summed E-state index contributed by atoms with van der Waals surface area (Å²) in [6, 6.07) is -0.247. The van der Waals surface area contributed by atoms with Gasteiger partial charge < -0.3 is 15.1 Å². The van der Waals surface area contributed by atoms with Crippen molar-refractivity contribution >= 4 is 24.2 Å². The van der Waals surface area contributed by atoms with Crippen LogP contribution < -0.4 is 5.32 Å². The molecule has 0 spiro atoms. The van der Waals surface area contributed by atoms with Crippen molar-refractivity contribution in [1.29, 1.82) is 0 Å². The van der Waals surface area contributed by atoms with Crippen molar-refractivity contribution in [3.63, 3.8) is 0 Å². The zero-order valence-electron chi connectivity index (χ0n) is 15.4. The first kappa shape index (κ1) is 21.2. The number of piperidine rings is 2. The van der Waals surface area contributed by atoms with Crippen molar-refractivity contribution in [1.82, 2.24) is 15.1 Å². The van der Waals surface area contributed by atoms with Crippen LogP contribution in [-0.4, -0.2) is 60.9 Å². The SMILES string of the molecule is CNCC1CCN(C(=O)C(CC(C)C)N2CCCCC2=O)CC1.Cl. The van der Waals surface area contributed by atoms with Gasteiger partial charge in [-0.1, -0.05) is 13.8 Å². The first-order chi connectivity index (χ1) is 11.0. The lowest BCUT2D eigenvalue weighted by Crippen LogP contribution is -2.54. The second-order valence-electron chi connectivity index (χ2n) is 7.52.